The zero-order valence-electron chi connectivity index (χ0n) is 16.1. The highest BCUT2D eigenvalue weighted by atomic mass is 16.5. The third-order valence-corrected chi connectivity index (χ3v) is 6.35. The molecule has 1 nitrogen and oxygen atoms in total. The SMILES string of the molecule is CC1(CCCCCCCOCCCCCCCC2(C)CC2)CC1. The highest BCUT2D eigenvalue weighted by Gasteiger charge is 2.36. The molecule has 0 bridgehead atoms. The van der Waals surface area contributed by atoms with Crippen LogP contribution in [0.1, 0.15) is 117 Å². The van der Waals surface area contributed by atoms with Crippen LogP contribution in [0.2, 0.25) is 0 Å². The molecule has 2 saturated carbocycles. The molecule has 0 aromatic carbocycles. The van der Waals surface area contributed by atoms with Gasteiger partial charge in [-0.05, 0) is 62.2 Å². The lowest BCUT2D eigenvalue weighted by Crippen LogP contribution is -1.98. The molecule has 2 rings (SSSR count). The average molecular weight is 323 g/mol. The molecule has 0 amide bonds. The molecule has 23 heavy (non-hydrogen) atoms. The van der Waals surface area contributed by atoms with Gasteiger partial charge in [0.05, 0.1) is 0 Å². The van der Waals surface area contributed by atoms with Gasteiger partial charge in [0, 0.05) is 13.2 Å². The highest BCUT2D eigenvalue weighted by molar-refractivity contribution is 4.88. The molecular weight excluding hydrogens is 280 g/mol. The van der Waals surface area contributed by atoms with Gasteiger partial charge in [-0.2, -0.15) is 0 Å². The number of rotatable bonds is 16. The summed E-state index contributed by atoms with van der Waals surface area (Å²) in [5, 5.41) is 0. The van der Waals surface area contributed by atoms with E-state index in [2.05, 4.69) is 13.8 Å². The summed E-state index contributed by atoms with van der Waals surface area (Å²) in [5.41, 5.74) is 1.53. The summed E-state index contributed by atoms with van der Waals surface area (Å²) in [6.45, 7) is 6.90. The van der Waals surface area contributed by atoms with Crippen molar-refractivity contribution in [2.75, 3.05) is 13.2 Å². The van der Waals surface area contributed by atoms with Crippen molar-refractivity contribution in [3.8, 4) is 0 Å². The molecule has 2 aliphatic rings. The number of hydrogen-bond donors (Lipinski definition) is 0. The molecule has 0 N–H and O–H groups in total. The summed E-state index contributed by atoms with van der Waals surface area (Å²) in [7, 11) is 0. The van der Waals surface area contributed by atoms with Crippen molar-refractivity contribution in [2.45, 2.75) is 117 Å². The van der Waals surface area contributed by atoms with E-state index in [-0.39, 0.29) is 0 Å². The summed E-state index contributed by atoms with van der Waals surface area (Å²) in [5.74, 6) is 0. The standard InChI is InChI=1S/C22H42O/c1-21(15-16-21)13-9-5-3-7-11-19-23-20-12-8-4-6-10-14-22(2)17-18-22/h3-20H2,1-2H3. The van der Waals surface area contributed by atoms with Crippen LogP contribution in [0, 0.1) is 10.8 Å². The predicted molar refractivity (Wildman–Crippen MR) is 101 cm³/mol. The van der Waals surface area contributed by atoms with Crippen LogP contribution in [0.3, 0.4) is 0 Å². The molecule has 0 aromatic heterocycles. The number of unbranched alkanes of at least 4 members (excludes halogenated alkanes) is 8. The molecule has 2 fully saturated rings. The van der Waals surface area contributed by atoms with Crippen LogP contribution in [-0.2, 0) is 4.74 Å². The summed E-state index contributed by atoms with van der Waals surface area (Å²) >= 11 is 0. The Morgan fingerprint density at radius 1 is 0.522 bits per heavy atom. The monoisotopic (exact) mass is 322 g/mol. The fraction of sp³-hybridized carbons (Fsp3) is 1.00. The Morgan fingerprint density at radius 3 is 1.26 bits per heavy atom. The molecular formula is C22H42O. The zero-order valence-corrected chi connectivity index (χ0v) is 16.1. The van der Waals surface area contributed by atoms with Crippen molar-refractivity contribution in [3.63, 3.8) is 0 Å². The maximum absolute atomic E-state index is 5.78. The molecule has 0 radical (unpaired) electrons. The van der Waals surface area contributed by atoms with E-state index in [1.54, 1.807) is 0 Å². The fourth-order valence-corrected chi connectivity index (χ4v) is 3.60. The first kappa shape index (κ1) is 19.3. The second kappa shape index (κ2) is 10.1. The van der Waals surface area contributed by atoms with E-state index in [1.165, 1.54) is 103 Å². The zero-order chi connectivity index (χ0) is 16.4. The molecule has 0 spiro atoms. The molecule has 0 unspecified atom stereocenters. The van der Waals surface area contributed by atoms with E-state index in [4.69, 9.17) is 4.74 Å². The molecule has 0 aromatic rings. The highest BCUT2D eigenvalue weighted by Crippen LogP contribution is 2.49. The van der Waals surface area contributed by atoms with Gasteiger partial charge in [-0.3, -0.25) is 0 Å². The smallest absolute Gasteiger partial charge is 0.0466 e. The van der Waals surface area contributed by atoms with Crippen molar-refractivity contribution in [3.05, 3.63) is 0 Å². The Balaban J connectivity index is 1.20. The average Bonchev–Trinajstić information content (AvgIpc) is 3.44. The lowest BCUT2D eigenvalue weighted by Gasteiger charge is -2.08. The maximum Gasteiger partial charge on any atom is 0.0466 e. The Morgan fingerprint density at radius 2 is 0.870 bits per heavy atom. The number of hydrogen-bond acceptors (Lipinski definition) is 1. The van der Waals surface area contributed by atoms with Gasteiger partial charge in [-0.15, -0.1) is 0 Å². The first-order chi connectivity index (χ1) is 11.1. The fourth-order valence-electron chi connectivity index (χ4n) is 3.60. The Hall–Kier alpha value is -0.0400. The largest absolute Gasteiger partial charge is 0.381 e. The van der Waals surface area contributed by atoms with Crippen LogP contribution in [0.5, 0.6) is 0 Å². The van der Waals surface area contributed by atoms with Gasteiger partial charge >= 0.3 is 0 Å². The first-order valence-electron chi connectivity index (χ1n) is 10.7. The van der Waals surface area contributed by atoms with Gasteiger partial charge in [-0.25, -0.2) is 0 Å². The van der Waals surface area contributed by atoms with Crippen LogP contribution < -0.4 is 0 Å². The number of ether oxygens (including phenoxy) is 1. The van der Waals surface area contributed by atoms with Crippen LogP contribution in [0.25, 0.3) is 0 Å². The minimum Gasteiger partial charge on any atom is -0.381 e. The van der Waals surface area contributed by atoms with E-state index in [1.807, 2.05) is 0 Å². The van der Waals surface area contributed by atoms with Gasteiger partial charge < -0.3 is 4.74 Å². The third kappa shape index (κ3) is 9.75. The Kier molecular flexibility index (Phi) is 8.44. The molecule has 2 aliphatic carbocycles. The molecule has 0 atom stereocenters. The van der Waals surface area contributed by atoms with E-state index in [0.29, 0.717) is 0 Å². The first-order valence-corrected chi connectivity index (χ1v) is 10.7. The molecule has 0 aliphatic heterocycles. The minimum atomic E-state index is 0.763. The van der Waals surface area contributed by atoms with Crippen molar-refractivity contribution in [1.29, 1.82) is 0 Å². The van der Waals surface area contributed by atoms with Crippen LogP contribution >= 0.6 is 0 Å². The predicted octanol–water partition coefficient (Wildman–Crippen LogP) is 7.28. The van der Waals surface area contributed by atoms with Crippen molar-refractivity contribution in [1.82, 2.24) is 0 Å². The molecule has 1 heteroatoms. The van der Waals surface area contributed by atoms with Crippen LogP contribution in [0.15, 0.2) is 0 Å². The van der Waals surface area contributed by atoms with Crippen LogP contribution in [0.4, 0.5) is 0 Å². The summed E-state index contributed by atoms with van der Waals surface area (Å²) in [6.07, 6.45) is 22.8. The van der Waals surface area contributed by atoms with Crippen molar-refractivity contribution < 1.29 is 4.74 Å². The minimum absolute atomic E-state index is 0.763. The van der Waals surface area contributed by atoms with Gasteiger partial charge in [0.2, 0.25) is 0 Å². The molecule has 0 heterocycles. The van der Waals surface area contributed by atoms with Gasteiger partial charge in [0.15, 0.2) is 0 Å². The second-order valence-corrected chi connectivity index (χ2v) is 9.27. The second-order valence-electron chi connectivity index (χ2n) is 9.27. The topological polar surface area (TPSA) is 9.23 Å². The summed E-state index contributed by atoms with van der Waals surface area (Å²) in [4.78, 5) is 0. The summed E-state index contributed by atoms with van der Waals surface area (Å²) < 4.78 is 5.78. The lowest BCUT2D eigenvalue weighted by atomic mass is 10.00. The maximum atomic E-state index is 5.78. The third-order valence-electron chi connectivity index (χ3n) is 6.35. The van der Waals surface area contributed by atoms with Crippen molar-refractivity contribution in [2.24, 2.45) is 10.8 Å². The Labute approximate surface area is 146 Å². The van der Waals surface area contributed by atoms with Gasteiger partial charge in [0.1, 0.15) is 0 Å². The van der Waals surface area contributed by atoms with E-state index < -0.39 is 0 Å². The molecule has 0 saturated heterocycles. The van der Waals surface area contributed by atoms with Crippen LogP contribution in [-0.4, -0.2) is 13.2 Å². The normalized spacial score (nSPS) is 20.6. The van der Waals surface area contributed by atoms with Crippen molar-refractivity contribution >= 4 is 0 Å². The van der Waals surface area contributed by atoms with E-state index in [9.17, 15) is 0 Å². The lowest BCUT2D eigenvalue weighted by molar-refractivity contribution is 0.125. The Bertz CT molecular complexity index is 271. The summed E-state index contributed by atoms with van der Waals surface area (Å²) in [6, 6.07) is 0. The van der Waals surface area contributed by atoms with E-state index in [0.717, 1.165) is 24.0 Å². The molecule has 136 valence electrons. The quantitative estimate of drug-likeness (QED) is 0.271. The van der Waals surface area contributed by atoms with Gasteiger partial charge in [0.25, 0.3) is 0 Å². The van der Waals surface area contributed by atoms with Gasteiger partial charge in [-0.1, -0.05) is 65.2 Å². The van der Waals surface area contributed by atoms with E-state index >= 15 is 0 Å².